The number of methoxy groups -OCH3 is 1. The number of rotatable bonds is 3. The Hall–Kier alpha value is -1.16. The smallest absolute Gasteiger partial charge is 0.308 e. The van der Waals surface area contributed by atoms with Crippen LogP contribution in [0.15, 0.2) is 23.1 Å². The number of hydrogen-bond acceptors (Lipinski definition) is 4. The molecule has 0 spiro atoms. The van der Waals surface area contributed by atoms with E-state index in [1.54, 1.807) is 24.9 Å². The molecule has 0 aromatic heterocycles. The summed E-state index contributed by atoms with van der Waals surface area (Å²) in [6.45, 7) is 1.36. The van der Waals surface area contributed by atoms with E-state index in [9.17, 15) is 4.79 Å². The van der Waals surface area contributed by atoms with E-state index in [-0.39, 0.29) is 5.97 Å². The highest BCUT2D eigenvalue weighted by Crippen LogP contribution is 2.31. The van der Waals surface area contributed by atoms with Crippen LogP contribution in [0.3, 0.4) is 0 Å². The number of hydrogen-bond donors (Lipinski definition) is 0. The van der Waals surface area contributed by atoms with E-state index in [1.165, 1.54) is 6.92 Å². The van der Waals surface area contributed by atoms with Gasteiger partial charge in [0, 0.05) is 11.8 Å². The molecule has 0 heterocycles. The molecular formula is C10H12O3S. The molecule has 14 heavy (non-hydrogen) atoms. The lowest BCUT2D eigenvalue weighted by Gasteiger charge is -2.08. The molecule has 0 atom stereocenters. The van der Waals surface area contributed by atoms with Crippen LogP contribution in [0.4, 0.5) is 0 Å². The number of carbonyl (C=O) groups excluding carboxylic acids is 1. The molecule has 4 heteroatoms. The summed E-state index contributed by atoms with van der Waals surface area (Å²) in [5.74, 6) is 0.685. The molecule has 1 aromatic rings. The van der Waals surface area contributed by atoms with Crippen molar-refractivity contribution in [2.45, 2.75) is 11.8 Å². The van der Waals surface area contributed by atoms with E-state index < -0.39 is 0 Å². The lowest BCUT2D eigenvalue weighted by Crippen LogP contribution is -2.02. The third-order valence-corrected chi connectivity index (χ3v) is 2.35. The topological polar surface area (TPSA) is 35.5 Å². The molecule has 0 bridgehead atoms. The van der Waals surface area contributed by atoms with Crippen LogP contribution < -0.4 is 9.47 Å². The second-order valence-electron chi connectivity index (χ2n) is 2.61. The average Bonchev–Trinajstić information content (AvgIpc) is 2.17. The van der Waals surface area contributed by atoms with E-state index in [0.29, 0.717) is 11.5 Å². The Morgan fingerprint density at radius 2 is 2.07 bits per heavy atom. The summed E-state index contributed by atoms with van der Waals surface area (Å²) in [5.41, 5.74) is 0. The fourth-order valence-electron chi connectivity index (χ4n) is 1.01. The highest BCUT2D eigenvalue weighted by Gasteiger charge is 2.07. The molecule has 0 aliphatic heterocycles. The van der Waals surface area contributed by atoms with Crippen molar-refractivity contribution < 1.29 is 14.3 Å². The predicted octanol–water partition coefficient (Wildman–Crippen LogP) is 2.34. The van der Waals surface area contributed by atoms with Crippen molar-refractivity contribution in [3.8, 4) is 11.5 Å². The molecule has 0 saturated heterocycles. The van der Waals surface area contributed by atoms with Crippen LogP contribution in [-0.2, 0) is 4.79 Å². The first-order valence-corrected chi connectivity index (χ1v) is 5.30. The monoisotopic (exact) mass is 212 g/mol. The van der Waals surface area contributed by atoms with Crippen molar-refractivity contribution in [2.75, 3.05) is 13.4 Å². The fourth-order valence-corrected chi connectivity index (χ4v) is 1.44. The Labute approximate surface area is 87.4 Å². The van der Waals surface area contributed by atoms with Gasteiger partial charge in [-0.3, -0.25) is 4.79 Å². The molecule has 0 fully saturated rings. The molecule has 0 amide bonds. The Bertz CT molecular complexity index is 336. The maximum atomic E-state index is 10.8. The molecule has 0 saturated carbocycles. The molecule has 0 N–H and O–H groups in total. The fraction of sp³-hybridized carbons (Fsp3) is 0.300. The standard InChI is InChI=1S/C10H12O3S/c1-7(11)13-9-5-4-8(14-3)6-10(9)12-2/h4-6H,1-3H3. The van der Waals surface area contributed by atoms with E-state index >= 15 is 0 Å². The van der Waals surface area contributed by atoms with Gasteiger partial charge in [-0.25, -0.2) is 0 Å². The number of ether oxygens (including phenoxy) is 2. The third kappa shape index (κ3) is 2.67. The second kappa shape index (κ2) is 4.91. The Morgan fingerprint density at radius 1 is 1.36 bits per heavy atom. The number of esters is 1. The van der Waals surface area contributed by atoms with Gasteiger partial charge in [-0.1, -0.05) is 0 Å². The minimum atomic E-state index is -0.347. The van der Waals surface area contributed by atoms with E-state index in [4.69, 9.17) is 9.47 Å². The molecule has 0 radical (unpaired) electrons. The molecule has 1 aromatic carbocycles. The van der Waals surface area contributed by atoms with Gasteiger partial charge in [-0.15, -0.1) is 11.8 Å². The summed E-state index contributed by atoms with van der Waals surface area (Å²) in [4.78, 5) is 11.8. The predicted molar refractivity (Wildman–Crippen MR) is 56.1 cm³/mol. The quantitative estimate of drug-likeness (QED) is 0.437. The van der Waals surface area contributed by atoms with Crippen LogP contribution in [0.2, 0.25) is 0 Å². The first-order valence-electron chi connectivity index (χ1n) is 4.08. The summed E-state index contributed by atoms with van der Waals surface area (Å²) in [5, 5.41) is 0. The van der Waals surface area contributed by atoms with Crippen molar-refractivity contribution in [3.63, 3.8) is 0 Å². The Kier molecular flexibility index (Phi) is 3.83. The van der Waals surface area contributed by atoms with Crippen LogP contribution in [0.25, 0.3) is 0 Å². The second-order valence-corrected chi connectivity index (χ2v) is 3.49. The largest absolute Gasteiger partial charge is 0.493 e. The first kappa shape index (κ1) is 10.9. The van der Waals surface area contributed by atoms with Crippen molar-refractivity contribution in [1.82, 2.24) is 0 Å². The lowest BCUT2D eigenvalue weighted by atomic mass is 10.3. The lowest BCUT2D eigenvalue weighted by molar-refractivity contribution is -0.132. The molecule has 0 unspecified atom stereocenters. The van der Waals surface area contributed by atoms with Gasteiger partial charge in [0.05, 0.1) is 7.11 Å². The zero-order chi connectivity index (χ0) is 10.6. The van der Waals surface area contributed by atoms with Gasteiger partial charge >= 0.3 is 5.97 Å². The summed E-state index contributed by atoms with van der Waals surface area (Å²) in [6.07, 6.45) is 1.97. The van der Waals surface area contributed by atoms with Crippen LogP contribution in [-0.4, -0.2) is 19.3 Å². The van der Waals surface area contributed by atoms with Gasteiger partial charge in [0.2, 0.25) is 0 Å². The summed E-state index contributed by atoms with van der Waals surface area (Å²) in [6, 6.07) is 5.44. The van der Waals surface area contributed by atoms with Crippen molar-refractivity contribution in [1.29, 1.82) is 0 Å². The van der Waals surface area contributed by atoms with Gasteiger partial charge in [0.25, 0.3) is 0 Å². The molecule has 76 valence electrons. The van der Waals surface area contributed by atoms with Gasteiger partial charge < -0.3 is 9.47 Å². The molecule has 0 aliphatic rings. The maximum Gasteiger partial charge on any atom is 0.308 e. The summed E-state index contributed by atoms with van der Waals surface area (Å²) in [7, 11) is 1.55. The van der Waals surface area contributed by atoms with E-state index in [1.807, 2.05) is 18.4 Å². The van der Waals surface area contributed by atoms with Crippen molar-refractivity contribution >= 4 is 17.7 Å². The number of thioether (sulfide) groups is 1. The highest BCUT2D eigenvalue weighted by molar-refractivity contribution is 7.98. The van der Waals surface area contributed by atoms with E-state index in [2.05, 4.69) is 0 Å². The van der Waals surface area contributed by atoms with Crippen molar-refractivity contribution in [2.24, 2.45) is 0 Å². The maximum absolute atomic E-state index is 10.8. The third-order valence-electron chi connectivity index (χ3n) is 1.62. The van der Waals surface area contributed by atoms with Crippen LogP contribution in [0.5, 0.6) is 11.5 Å². The summed E-state index contributed by atoms with van der Waals surface area (Å²) < 4.78 is 10.1. The normalized spacial score (nSPS) is 9.64. The minimum absolute atomic E-state index is 0.347. The highest BCUT2D eigenvalue weighted by atomic mass is 32.2. The minimum Gasteiger partial charge on any atom is -0.493 e. The molecule has 1 rings (SSSR count). The van der Waals surface area contributed by atoms with Crippen LogP contribution >= 0.6 is 11.8 Å². The Morgan fingerprint density at radius 3 is 2.57 bits per heavy atom. The SMILES string of the molecule is COc1cc(SC)ccc1OC(C)=O. The zero-order valence-electron chi connectivity index (χ0n) is 8.37. The van der Waals surface area contributed by atoms with Crippen LogP contribution in [0.1, 0.15) is 6.92 Å². The summed E-state index contributed by atoms with van der Waals surface area (Å²) >= 11 is 1.61. The number of carbonyl (C=O) groups is 1. The van der Waals surface area contributed by atoms with Gasteiger partial charge in [-0.2, -0.15) is 0 Å². The average molecular weight is 212 g/mol. The number of benzene rings is 1. The van der Waals surface area contributed by atoms with Gasteiger partial charge in [-0.05, 0) is 24.5 Å². The van der Waals surface area contributed by atoms with Crippen molar-refractivity contribution in [3.05, 3.63) is 18.2 Å². The molecular weight excluding hydrogens is 200 g/mol. The Balaban J connectivity index is 2.98. The van der Waals surface area contributed by atoms with Gasteiger partial charge in [0.15, 0.2) is 11.5 Å². The first-order chi connectivity index (χ1) is 6.67. The molecule has 0 aliphatic carbocycles. The van der Waals surface area contributed by atoms with Crippen LogP contribution in [0, 0.1) is 0 Å². The molecule has 3 nitrogen and oxygen atoms in total. The van der Waals surface area contributed by atoms with Gasteiger partial charge in [0.1, 0.15) is 0 Å². The van der Waals surface area contributed by atoms with E-state index in [0.717, 1.165) is 4.90 Å². The zero-order valence-corrected chi connectivity index (χ0v) is 9.18.